The molecule has 0 radical (unpaired) electrons. The molecular weight excluding hydrogens is 500 g/mol. The zero-order valence-electron chi connectivity index (χ0n) is 22.7. The molecule has 8 heteroatoms. The summed E-state index contributed by atoms with van der Waals surface area (Å²) in [6, 6.07) is 15.4. The Kier molecular flexibility index (Phi) is 9.69. The monoisotopic (exact) mass is 538 g/mol. The Labute approximate surface area is 229 Å². The first-order valence-electron chi connectivity index (χ1n) is 13.2. The number of hydrogen-bond donors (Lipinski definition) is 4. The van der Waals surface area contributed by atoms with E-state index >= 15 is 0 Å². The van der Waals surface area contributed by atoms with Crippen LogP contribution < -0.4 is 18.9 Å². The SMILES string of the molecule is COc1ccc(C[C@H](CO)c2ccc([C@H]3Oc4c(OC)cc(CCCO)cc4[C@@H]3CO)cc2CO)cc1OC. The molecule has 0 amide bonds. The fraction of sp³-hybridized carbons (Fsp3) is 0.419. The van der Waals surface area contributed by atoms with Crippen molar-refractivity contribution in [1.82, 2.24) is 0 Å². The Bertz CT molecular complexity index is 1260. The van der Waals surface area contributed by atoms with Crippen LogP contribution in [0.3, 0.4) is 0 Å². The predicted octanol–water partition coefficient (Wildman–Crippen LogP) is 3.66. The molecule has 3 atom stereocenters. The number of aliphatic hydroxyl groups excluding tert-OH is 4. The molecule has 210 valence electrons. The Hall–Kier alpha value is -3.30. The van der Waals surface area contributed by atoms with Gasteiger partial charge in [-0.3, -0.25) is 0 Å². The number of aryl methyl sites for hydroxylation is 1. The van der Waals surface area contributed by atoms with Gasteiger partial charge in [0.2, 0.25) is 0 Å². The molecule has 4 rings (SSSR count). The largest absolute Gasteiger partial charge is 0.493 e. The molecule has 0 saturated carbocycles. The molecule has 0 unspecified atom stereocenters. The van der Waals surface area contributed by atoms with Gasteiger partial charge in [-0.25, -0.2) is 0 Å². The number of fused-ring (bicyclic) bond motifs is 1. The van der Waals surface area contributed by atoms with Crippen LogP contribution in [0, 0.1) is 0 Å². The molecule has 0 saturated heterocycles. The van der Waals surface area contributed by atoms with Gasteiger partial charge in [0, 0.05) is 18.1 Å². The molecule has 0 aromatic heterocycles. The Morgan fingerprint density at radius 1 is 0.821 bits per heavy atom. The van der Waals surface area contributed by atoms with Crippen molar-refractivity contribution >= 4 is 0 Å². The van der Waals surface area contributed by atoms with E-state index in [0.717, 1.165) is 27.8 Å². The molecule has 0 bridgehead atoms. The Morgan fingerprint density at radius 3 is 2.21 bits per heavy atom. The van der Waals surface area contributed by atoms with Crippen LogP contribution in [0.25, 0.3) is 0 Å². The molecule has 8 nitrogen and oxygen atoms in total. The number of methoxy groups -OCH3 is 3. The minimum absolute atomic E-state index is 0.0963. The molecule has 0 aliphatic carbocycles. The molecule has 39 heavy (non-hydrogen) atoms. The quantitative estimate of drug-likeness (QED) is 0.261. The highest BCUT2D eigenvalue weighted by atomic mass is 16.5. The average Bonchev–Trinajstić information content (AvgIpc) is 3.36. The number of ether oxygens (including phenoxy) is 4. The third-order valence-corrected chi connectivity index (χ3v) is 7.45. The first-order valence-corrected chi connectivity index (χ1v) is 13.2. The highest BCUT2D eigenvalue weighted by Crippen LogP contribution is 2.51. The maximum absolute atomic E-state index is 10.4. The summed E-state index contributed by atoms with van der Waals surface area (Å²) in [5.74, 6) is 1.88. The molecule has 1 heterocycles. The van der Waals surface area contributed by atoms with Gasteiger partial charge in [0.1, 0.15) is 6.10 Å². The molecule has 1 aliphatic rings. The van der Waals surface area contributed by atoms with Gasteiger partial charge in [0.05, 0.1) is 47.1 Å². The molecule has 0 fully saturated rings. The molecule has 0 spiro atoms. The normalized spacial score (nSPS) is 16.9. The van der Waals surface area contributed by atoms with Crippen LogP contribution in [0.2, 0.25) is 0 Å². The number of aliphatic hydroxyl groups is 4. The highest BCUT2D eigenvalue weighted by molar-refractivity contribution is 5.55. The highest BCUT2D eigenvalue weighted by Gasteiger charge is 2.38. The lowest BCUT2D eigenvalue weighted by Gasteiger charge is -2.22. The summed E-state index contributed by atoms with van der Waals surface area (Å²) in [6.07, 6.45) is 1.40. The van der Waals surface area contributed by atoms with Crippen molar-refractivity contribution in [3.05, 3.63) is 81.9 Å². The lowest BCUT2D eigenvalue weighted by atomic mass is 9.85. The summed E-state index contributed by atoms with van der Waals surface area (Å²) >= 11 is 0. The third-order valence-electron chi connectivity index (χ3n) is 7.45. The maximum atomic E-state index is 10.4. The van der Waals surface area contributed by atoms with Gasteiger partial charge in [-0.2, -0.15) is 0 Å². The van der Waals surface area contributed by atoms with Crippen molar-refractivity contribution in [2.45, 2.75) is 43.8 Å². The van der Waals surface area contributed by atoms with E-state index in [0.29, 0.717) is 47.8 Å². The lowest BCUT2D eigenvalue weighted by molar-refractivity contribution is 0.157. The van der Waals surface area contributed by atoms with Crippen LogP contribution in [-0.2, 0) is 19.4 Å². The van der Waals surface area contributed by atoms with E-state index in [-0.39, 0.29) is 38.3 Å². The number of benzene rings is 3. The maximum Gasteiger partial charge on any atom is 0.165 e. The summed E-state index contributed by atoms with van der Waals surface area (Å²) in [7, 11) is 4.76. The van der Waals surface area contributed by atoms with Crippen molar-refractivity contribution in [3.63, 3.8) is 0 Å². The predicted molar refractivity (Wildman–Crippen MR) is 147 cm³/mol. The van der Waals surface area contributed by atoms with Crippen molar-refractivity contribution in [3.8, 4) is 23.0 Å². The van der Waals surface area contributed by atoms with E-state index in [4.69, 9.17) is 18.9 Å². The standard InChI is InChI=1S/C31H38O8/c1-36-27-9-6-20(13-28(27)37-2)11-22(16-33)24-8-7-21(15-23(24)17-34)30-26(18-35)25-12-19(5-4-10-32)14-29(38-3)31(25)39-30/h6-9,12-15,22,26,30,32-35H,4-5,10-11,16-18H2,1-3H3/t22-,26+,30-/m1/s1. The van der Waals surface area contributed by atoms with E-state index in [1.807, 2.05) is 48.5 Å². The molecule has 3 aromatic carbocycles. The van der Waals surface area contributed by atoms with E-state index in [1.165, 1.54) is 0 Å². The fourth-order valence-corrected chi connectivity index (χ4v) is 5.43. The van der Waals surface area contributed by atoms with Gasteiger partial charge >= 0.3 is 0 Å². The minimum atomic E-state index is -0.468. The number of hydrogen-bond acceptors (Lipinski definition) is 8. The van der Waals surface area contributed by atoms with Gasteiger partial charge in [-0.15, -0.1) is 0 Å². The summed E-state index contributed by atoms with van der Waals surface area (Å²) in [5.41, 5.74) is 5.21. The van der Waals surface area contributed by atoms with Gasteiger partial charge in [0.15, 0.2) is 23.0 Å². The van der Waals surface area contributed by atoms with E-state index in [1.54, 1.807) is 21.3 Å². The Balaban J connectivity index is 1.63. The van der Waals surface area contributed by atoms with Crippen LogP contribution >= 0.6 is 0 Å². The summed E-state index contributed by atoms with van der Waals surface area (Å²) < 4.78 is 22.7. The molecular formula is C31H38O8. The summed E-state index contributed by atoms with van der Waals surface area (Å²) in [6.45, 7) is -0.332. The molecule has 1 aliphatic heterocycles. The second-order valence-corrected chi connectivity index (χ2v) is 9.76. The minimum Gasteiger partial charge on any atom is -0.493 e. The Morgan fingerprint density at radius 2 is 1.56 bits per heavy atom. The van der Waals surface area contributed by atoms with Crippen LogP contribution in [0.15, 0.2) is 48.5 Å². The van der Waals surface area contributed by atoms with Gasteiger partial charge in [-0.05, 0) is 71.3 Å². The van der Waals surface area contributed by atoms with Gasteiger partial charge in [-0.1, -0.05) is 24.3 Å². The van der Waals surface area contributed by atoms with Crippen LogP contribution in [0.4, 0.5) is 0 Å². The summed E-state index contributed by atoms with van der Waals surface area (Å²) in [4.78, 5) is 0. The second-order valence-electron chi connectivity index (χ2n) is 9.76. The molecule has 4 N–H and O–H groups in total. The second kappa shape index (κ2) is 13.2. The number of rotatable bonds is 13. The average molecular weight is 539 g/mol. The zero-order chi connectivity index (χ0) is 27.9. The van der Waals surface area contributed by atoms with E-state index < -0.39 is 6.10 Å². The van der Waals surface area contributed by atoms with Crippen LogP contribution in [0.5, 0.6) is 23.0 Å². The topological polar surface area (TPSA) is 118 Å². The van der Waals surface area contributed by atoms with Gasteiger partial charge < -0.3 is 39.4 Å². The van der Waals surface area contributed by atoms with Gasteiger partial charge in [0.25, 0.3) is 0 Å². The fourth-order valence-electron chi connectivity index (χ4n) is 5.43. The van der Waals surface area contributed by atoms with E-state index in [2.05, 4.69) is 0 Å². The van der Waals surface area contributed by atoms with Crippen molar-refractivity contribution in [2.24, 2.45) is 0 Å². The van der Waals surface area contributed by atoms with E-state index in [9.17, 15) is 20.4 Å². The van der Waals surface area contributed by atoms with Crippen LogP contribution in [0.1, 0.15) is 57.7 Å². The van der Waals surface area contributed by atoms with Crippen LogP contribution in [-0.4, -0.2) is 61.6 Å². The first kappa shape index (κ1) is 28.7. The van der Waals surface area contributed by atoms with Crippen molar-refractivity contribution < 1.29 is 39.4 Å². The summed E-state index contributed by atoms with van der Waals surface area (Å²) in [5, 5.41) is 40.2. The van der Waals surface area contributed by atoms with Crippen molar-refractivity contribution in [1.29, 1.82) is 0 Å². The first-order chi connectivity index (χ1) is 19.0. The lowest BCUT2D eigenvalue weighted by Crippen LogP contribution is -2.16. The van der Waals surface area contributed by atoms with Crippen molar-refractivity contribution in [2.75, 3.05) is 41.2 Å². The third kappa shape index (κ3) is 5.99. The smallest absolute Gasteiger partial charge is 0.165 e. The molecule has 3 aromatic rings. The zero-order valence-corrected chi connectivity index (χ0v) is 22.7.